The Kier molecular flexibility index (Phi) is 10.0. The van der Waals surface area contributed by atoms with Gasteiger partial charge >= 0.3 is 40.9 Å². The van der Waals surface area contributed by atoms with E-state index in [1.807, 2.05) is 0 Å². The van der Waals surface area contributed by atoms with E-state index in [-0.39, 0.29) is 52.3 Å². The van der Waals surface area contributed by atoms with Gasteiger partial charge in [-0.1, -0.05) is 66.2 Å². The fraction of sp³-hybridized carbons (Fsp3) is 0.353. The van der Waals surface area contributed by atoms with Crippen molar-refractivity contribution in [3.63, 3.8) is 0 Å². The molecule has 8 bridgehead atoms. The Morgan fingerprint density at radius 2 is 1.33 bits per heavy atom. The number of allylic oxidation sites excluding steroid dienone is 2. The van der Waals surface area contributed by atoms with Crippen LogP contribution in [0.5, 0.6) is 0 Å². The minimum Gasteiger partial charge on any atom is -0.675 e. The van der Waals surface area contributed by atoms with Gasteiger partial charge in [-0.05, 0) is 31.9 Å². The third-order valence-electron chi connectivity index (χ3n) is 9.25. The van der Waals surface area contributed by atoms with Crippen molar-refractivity contribution in [3.05, 3.63) is 78.5 Å². The molecule has 15 heteroatoms. The topological polar surface area (TPSA) is 240 Å². The van der Waals surface area contributed by atoms with Crippen molar-refractivity contribution < 1.29 is 66.3 Å². The molecule has 0 radical (unpaired) electrons. The summed E-state index contributed by atoms with van der Waals surface area (Å²) in [5, 5.41) is 48.0. The van der Waals surface area contributed by atoms with Crippen molar-refractivity contribution in [1.82, 2.24) is 9.97 Å². The van der Waals surface area contributed by atoms with Crippen LogP contribution in [0, 0.1) is 24.7 Å². The molecule has 2 fully saturated rings. The van der Waals surface area contributed by atoms with Gasteiger partial charge in [0.15, 0.2) is 0 Å². The summed E-state index contributed by atoms with van der Waals surface area (Å²) in [5.41, 5.74) is -0.893. The number of aromatic nitrogens is 2. The van der Waals surface area contributed by atoms with Gasteiger partial charge in [0, 0.05) is 23.3 Å². The molecule has 2 unspecified atom stereocenters. The summed E-state index contributed by atoms with van der Waals surface area (Å²) in [6, 6.07) is -2.21. The second-order valence-electron chi connectivity index (χ2n) is 12.6. The summed E-state index contributed by atoms with van der Waals surface area (Å²) in [6.07, 6.45) is 6.65. The van der Waals surface area contributed by atoms with Crippen LogP contribution in [-0.4, -0.2) is 68.0 Å². The molecule has 2 saturated heterocycles. The first-order valence-corrected chi connectivity index (χ1v) is 15.0. The van der Waals surface area contributed by atoms with Crippen LogP contribution in [-0.2, 0) is 52.3 Å². The maximum absolute atomic E-state index is 13.9. The summed E-state index contributed by atoms with van der Waals surface area (Å²) < 4.78 is 0. The van der Waals surface area contributed by atoms with Crippen molar-refractivity contribution in [2.24, 2.45) is 10.8 Å². The molecule has 3 aliphatic heterocycles. The van der Waals surface area contributed by atoms with E-state index in [0.29, 0.717) is 33.3 Å². The first-order valence-electron chi connectivity index (χ1n) is 15.0. The summed E-state index contributed by atoms with van der Waals surface area (Å²) in [6.45, 7) is 6.26. The van der Waals surface area contributed by atoms with Crippen LogP contribution in [0.1, 0.15) is 66.8 Å². The molecule has 0 aromatic carbocycles. The molecule has 2 aromatic heterocycles. The van der Waals surface area contributed by atoms with E-state index in [0.717, 1.165) is 6.08 Å². The summed E-state index contributed by atoms with van der Waals surface area (Å²) in [7, 11) is 0. The molecule has 0 amide bonds. The van der Waals surface area contributed by atoms with E-state index in [9.17, 15) is 49.2 Å². The summed E-state index contributed by atoms with van der Waals surface area (Å²) >= 11 is 0. The number of carbonyl (C=O) groups excluding carboxylic acids is 2. The van der Waals surface area contributed by atoms with Gasteiger partial charge < -0.3 is 41.0 Å². The first kappa shape index (κ1) is 36.7. The van der Waals surface area contributed by atoms with Crippen LogP contribution in [0.4, 0.5) is 0 Å². The molecule has 0 aliphatic carbocycles. The monoisotopic (exact) mass is 712 g/mol. The van der Waals surface area contributed by atoms with Gasteiger partial charge in [-0.3, -0.25) is 24.0 Å². The Balaban J connectivity index is 0.00000541. The van der Waals surface area contributed by atoms with Gasteiger partial charge in [0.25, 0.3) is 0 Å². The van der Waals surface area contributed by atoms with Crippen LogP contribution in [0.3, 0.4) is 0 Å². The Morgan fingerprint density at radius 3 is 1.90 bits per heavy atom. The fourth-order valence-electron chi connectivity index (χ4n) is 6.45. The van der Waals surface area contributed by atoms with Crippen molar-refractivity contribution in [1.29, 1.82) is 0 Å². The van der Waals surface area contributed by atoms with E-state index >= 15 is 0 Å². The molecule has 14 nitrogen and oxygen atoms in total. The second-order valence-corrected chi connectivity index (χ2v) is 12.6. The molecule has 0 saturated carbocycles. The minimum atomic E-state index is -1.62. The zero-order valence-corrected chi connectivity index (χ0v) is 27.9. The third-order valence-corrected chi connectivity index (χ3v) is 9.25. The summed E-state index contributed by atoms with van der Waals surface area (Å²) in [5.74, 6) is -6.05. The maximum Gasteiger partial charge on any atom is 4.00 e. The smallest absolute Gasteiger partial charge is 0.675 e. The average Bonchev–Trinajstić information content (AvgIpc) is 3.58. The number of carboxylic acids is 4. The van der Waals surface area contributed by atoms with Crippen LogP contribution < -0.4 is 20.7 Å². The number of carboxylic acid groups (broad SMARTS) is 4. The zero-order valence-electron chi connectivity index (χ0n) is 26.8. The van der Waals surface area contributed by atoms with Gasteiger partial charge in [0.1, 0.15) is 11.6 Å². The number of fused-ring (bicyclic) bond motifs is 8. The normalized spacial score (nSPS) is 27.7. The number of Topliss-reactive ketones (excluding diaryl/α,β-unsaturated/α-hetero) is 2. The minimum absolute atomic E-state index is 0. The fourth-order valence-corrected chi connectivity index (χ4v) is 6.45. The van der Waals surface area contributed by atoms with Crippen molar-refractivity contribution in [2.45, 2.75) is 65.5 Å². The molecular formula is C34H32FeN4O10. The average molecular weight is 712 g/mol. The van der Waals surface area contributed by atoms with E-state index < -0.39 is 71.2 Å². The number of ketones is 2. The van der Waals surface area contributed by atoms with Gasteiger partial charge in [-0.15, -0.1) is 34.2 Å². The largest absolute Gasteiger partial charge is 4.00 e. The van der Waals surface area contributed by atoms with Crippen LogP contribution in [0.2, 0.25) is 0 Å². The van der Waals surface area contributed by atoms with Gasteiger partial charge in [-0.25, -0.2) is 4.79 Å². The van der Waals surface area contributed by atoms with Crippen LogP contribution in [0.15, 0.2) is 23.5 Å². The molecule has 49 heavy (non-hydrogen) atoms. The first-order chi connectivity index (χ1) is 22.4. The maximum atomic E-state index is 13.9. The summed E-state index contributed by atoms with van der Waals surface area (Å²) in [4.78, 5) is 84.1. The Morgan fingerprint density at radius 1 is 0.755 bits per heavy atom. The number of aliphatic carboxylic acids is 4. The van der Waals surface area contributed by atoms with Crippen molar-refractivity contribution in [3.8, 4) is 0 Å². The number of hydrogen-bond donors (Lipinski definition) is 4. The SMILES string of the molecule is Cc1c2[n-]c(c1CCC(=O)O)/C=c1\[n-]/c(c(C)c1/C=C/C(=O)O)=C\C1[N-]/C(=C\C3[N-]/C(=C\2)C(=O)[C@]3(C)CC(=O)O)C(=O)[C@]1(C)CC(=O)O.[Fe+4]. The number of carbonyl (C=O) groups is 6. The van der Waals surface area contributed by atoms with Crippen LogP contribution in [0.25, 0.3) is 34.9 Å². The molecule has 2 aromatic rings. The molecule has 0 spiro atoms. The van der Waals surface area contributed by atoms with E-state index in [2.05, 4.69) is 15.6 Å². The third kappa shape index (κ3) is 6.76. The number of nitrogens with zero attached hydrogens (tertiary/aromatic N) is 4. The Hall–Kier alpha value is -5.14. The van der Waals surface area contributed by atoms with E-state index in [1.165, 1.54) is 38.2 Å². The zero-order chi connectivity index (χ0) is 35.3. The van der Waals surface area contributed by atoms with E-state index in [4.69, 9.17) is 4.98 Å². The molecular weight excluding hydrogens is 680 g/mol. The van der Waals surface area contributed by atoms with Crippen molar-refractivity contribution >= 4 is 59.7 Å². The second kappa shape index (κ2) is 13.4. The molecule has 4 atom stereocenters. The van der Waals surface area contributed by atoms with Gasteiger partial charge in [0.2, 0.25) is 0 Å². The molecule has 4 N–H and O–H groups in total. The number of hydrogen-bond acceptors (Lipinski definition) is 6. The van der Waals surface area contributed by atoms with E-state index in [1.54, 1.807) is 19.9 Å². The molecule has 256 valence electrons. The van der Waals surface area contributed by atoms with Crippen molar-refractivity contribution in [2.75, 3.05) is 0 Å². The predicted octanol–water partition coefficient (Wildman–Crippen LogP) is 1.79. The Labute approximate surface area is 290 Å². The molecule has 5 heterocycles. The molecule has 5 rings (SSSR count). The van der Waals surface area contributed by atoms with Gasteiger partial charge in [0.05, 0.1) is 12.8 Å². The number of rotatable bonds is 9. The quantitative estimate of drug-likeness (QED) is 0.215. The van der Waals surface area contributed by atoms with Crippen LogP contribution >= 0.6 is 0 Å². The van der Waals surface area contributed by atoms with Gasteiger partial charge in [-0.2, -0.15) is 0 Å². The standard InChI is InChI=1S/C34H34N4O10.Fe/c1-15-17(5-7-27(39)40)21-10-22-18(6-8-28(41)42)16(2)20(36-22)11-25-33(3,13-29(43)44)32(48)24(38-25)12-26-34(4,14-30(45)46)31(47)23(37-26)9-19(15)35-21;/h6,8-12,25-26H,5,7,13-14H2,1-4H3,(H6,35,36,39,40,41,42,43,44,45,46,47);/q-2;+4/p-2/b8-6+,20-11-,24-12-;/t25?,26?,33-,34-;/m1./s1. The molecule has 3 aliphatic rings. The Bertz CT molecular complexity index is 2020. The predicted molar refractivity (Wildman–Crippen MR) is 170 cm³/mol.